The van der Waals surface area contributed by atoms with Crippen molar-refractivity contribution in [3.8, 4) is 0 Å². The van der Waals surface area contributed by atoms with E-state index in [4.69, 9.17) is 0 Å². The number of aromatic nitrogens is 1. The second kappa shape index (κ2) is 6.36. The molecule has 2 rings (SSSR count). The molecule has 1 aliphatic rings. The largest absolute Gasteiger partial charge is 0.336 e. The zero-order valence-electron chi connectivity index (χ0n) is 13.6. The van der Waals surface area contributed by atoms with E-state index in [9.17, 15) is 13.8 Å². The number of H-pyrrole nitrogens is 1. The maximum Gasteiger partial charge on any atom is 0.254 e. The first kappa shape index (κ1) is 16.9. The molecule has 6 heteroatoms. The van der Waals surface area contributed by atoms with Gasteiger partial charge in [0.25, 0.3) is 5.91 Å². The predicted molar refractivity (Wildman–Crippen MR) is 88.6 cm³/mol. The van der Waals surface area contributed by atoms with Crippen LogP contribution in [0.5, 0.6) is 0 Å². The van der Waals surface area contributed by atoms with E-state index in [1.807, 2.05) is 13.8 Å². The average Bonchev–Trinajstić information content (AvgIpc) is 2.39. The van der Waals surface area contributed by atoms with Crippen LogP contribution in [0.4, 0.5) is 0 Å². The van der Waals surface area contributed by atoms with Gasteiger partial charge in [-0.3, -0.25) is 13.8 Å². The van der Waals surface area contributed by atoms with Crippen LogP contribution < -0.4 is 5.56 Å². The van der Waals surface area contributed by atoms with E-state index >= 15 is 0 Å². The van der Waals surface area contributed by atoms with Gasteiger partial charge >= 0.3 is 0 Å². The second-order valence-electron chi connectivity index (χ2n) is 6.89. The molecule has 0 saturated carbocycles. The van der Waals surface area contributed by atoms with E-state index in [0.29, 0.717) is 30.3 Å². The highest BCUT2D eigenvalue weighted by Gasteiger charge is 2.35. The van der Waals surface area contributed by atoms with Gasteiger partial charge in [0.1, 0.15) is 0 Å². The summed E-state index contributed by atoms with van der Waals surface area (Å²) in [6, 6.07) is 3.12. The first-order valence-corrected chi connectivity index (χ1v) is 8.92. The number of amides is 1. The zero-order chi connectivity index (χ0) is 16.5. The first-order chi connectivity index (χ1) is 10.2. The summed E-state index contributed by atoms with van der Waals surface area (Å²) < 4.78 is 11.6. The van der Waals surface area contributed by atoms with Gasteiger partial charge < -0.3 is 9.88 Å². The molecule has 22 heavy (non-hydrogen) atoms. The monoisotopic (exact) mass is 324 g/mol. The maximum atomic E-state index is 12.7. The van der Waals surface area contributed by atoms with Crippen LogP contribution in [0.1, 0.15) is 43.7 Å². The Bertz CT molecular complexity index is 649. The summed E-state index contributed by atoms with van der Waals surface area (Å²) in [5.41, 5.74) is 0.954. The topological polar surface area (TPSA) is 70.2 Å². The fraction of sp³-hybridized carbons (Fsp3) is 0.625. The number of carbonyl (C=O) groups excluding carboxylic acids is 1. The van der Waals surface area contributed by atoms with E-state index in [0.717, 1.165) is 12.1 Å². The van der Waals surface area contributed by atoms with Crippen LogP contribution in [0.2, 0.25) is 0 Å². The minimum Gasteiger partial charge on any atom is -0.336 e. The third-order valence-electron chi connectivity index (χ3n) is 3.80. The lowest BCUT2D eigenvalue weighted by atomic mass is 10.1. The highest BCUT2D eigenvalue weighted by Crippen LogP contribution is 2.21. The normalized spacial score (nSPS) is 21.1. The van der Waals surface area contributed by atoms with Gasteiger partial charge in [0.2, 0.25) is 5.56 Å². The summed E-state index contributed by atoms with van der Waals surface area (Å²) in [5, 5.41) is 0. The molecule has 0 spiro atoms. The Morgan fingerprint density at radius 3 is 2.68 bits per heavy atom. The van der Waals surface area contributed by atoms with Crippen molar-refractivity contribution in [3.05, 3.63) is 33.7 Å². The minimum absolute atomic E-state index is 0.152. The highest BCUT2D eigenvalue weighted by atomic mass is 32.2. The molecule has 1 fully saturated rings. The van der Waals surface area contributed by atoms with Crippen molar-refractivity contribution < 1.29 is 9.00 Å². The summed E-state index contributed by atoms with van der Waals surface area (Å²) in [6.45, 7) is 8.87. The van der Waals surface area contributed by atoms with E-state index < -0.39 is 15.5 Å². The van der Waals surface area contributed by atoms with Crippen LogP contribution >= 0.6 is 0 Å². The molecule has 1 aliphatic heterocycles. The molecule has 1 N–H and O–H groups in total. The van der Waals surface area contributed by atoms with Gasteiger partial charge in [-0.25, -0.2) is 0 Å². The number of hydrogen-bond donors (Lipinski definition) is 1. The van der Waals surface area contributed by atoms with E-state index in [1.165, 1.54) is 6.07 Å². The number of aromatic amines is 1. The van der Waals surface area contributed by atoms with Gasteiger partial charge in [0, 0.05) is 47.0 Å². The molecule has 0 radical (unpaired) electrons. The first-order valence-electron chi connectivity index (χ1n) is 7.60. The Labute approximate surface area is 133 Å². The molecule has 1 amide bonds. The third-order valence-corrected chi connectivity index (χ3v) is 5.71. The van der Waals surface area contributed by atoms with E-state index in [-0.39, 0.29) is 11.5 Å². The molecule has 1 saturated heterocycles. The summed E-state index contributed by atoms with van der Waals surface area (Å²) in [5.74, 6) is 0.735. The number of hydrogen-bond acceptors (Lipinski definition) is 3. The SMILES string of the molecule is CC(C)Cc1cc(C(=O)N2CCS(=O)C(C)(C)C2)cc(=O)[nH]1. The molecule has 1 aromatic rings. The van der Waals surface area contributed by atoms with Crippen LogP contribution in [0, 0.1) is 5.92 Å². The van der Waals surface area contributed by atoms with Crippen molar-refractivity contribution in [1.29, 1.82) is 0 Å². The molecule has 0 aromatic carbocycles. The smallest absolute Gasteiger partial charge is 0.254 e. The molecule has 5 nitrogen and oxygen atoms in total. The Morgan fingerprint density at radius 2 is 2.09 bits per heavy atom. The maximum absolute atomic E-state index is 12.7. The quantitative estimate of drug-likeness (QED) is 0.917. The number of nitrogens with one attached hydrogen (secondary N) is 1. The number of rotatable bonds is 3. The van der Waals surface area contributed by atoms with Crippen LogP contribution in [0.3, 0.4) is 0 Å². The molecule has 0 aliphatic carbocycles. The van der Waals surface area contributed by atoms with Crippen LogP contribution in [-0.4, -0.2) is 43.6 Å². The van der Waals surface area contributed by atoms with Gasteiger partial charge in [-0.1, -0.05) is 13.8 Å². The molecular weight excluding hydrogens is 300 g/mol. The molecule has 122 valence electrons. The van der Waals surface area contributed by atoms with Crippen molar-refractivity contribution in [2.24, 2.45) is 5.92 Å². The minimum atomic E-state index is -0.923. The molecular formula is C16H24N2O3S. The Hall–Kier alpha value is -1.43. The summed E-state index contributed by atoms with van der Waals surface area (Å²) in [4.78, 5) is 28.9. The van der Waals surface area contributed by atoms with Crippen molar-refractivity contribution in [1.82, 2.24) is 9.88 Å². The van der Waals surface area contributed by atoms with Gasteiger partial charge in [0.05, 0.1) is 4.75 Å². The summed E-state index contributed by atoms with van der Waals surface area (Å²) in [7, 11) is -0.923. The predicted octanol–water partition coefficient (Wildman–Crippen LogP) is 1.56. The number of carbonyl (C=O) groups is 1. The molecule has 2 heterocycles. The average molecular weight is 324 g/mol. The van der Waals surface area contributed by atoms with Crippen LogP contribution in [0.25, 0.3) is 0 Å². The van der Waals surface area contributed by atoms with Crippen LogP contribution in [-0.2, 0) is 17.2 Å². The van der Waals surface area contributed by atoms with Gasteiger partial charge in [0.15, 0.2) is 0 Å². The number of pyridine rings is 1. The number of nitrogens with zero attached hydrogens (tertiary/aromatic N) is 1. The Morgan fingerprint density at radius 1 is 1.41 bits per heavy atom. The van der Waals surface area contributed by atoms with Crippen molar-refractivity contribution in [2.45, 2.75) is 38.9 Å². The van der Waals surface area contributed by atoms with Gasteiger partial charge in [-0.15, -0.1) is 0 Å². The molecule has 1 aromatic heterocycles. The molecule has 1 unspecified atom stereocenters. The van der Waals surface area contributed by atoms with Gasteiger partial charge in [-0.05, 0) is 32.3 Å². The van der Waals surface area contributed by atoms with Crippen molar-refractivity contribution in [3.63, 3.8) is 0 Å². The standard InChI is InChI=1S/C16H24N2O3S/c1-11(2)7-13-8-12(9-14(19)17-13)15(20)18-5-6-22(21)16(3,4)10-18/h8-9,11H,5-7,10H2,1-4H3,(H,17,19). The molecule has 0 bridgehead atoms. The van der Waals surface area contributed by atoms with Crippen molar-refractivity contribution >= 4 is 16.7 Å². The summed E-state index contributed by atoms with van der Waals surface area (Å²) in [6.07, 6.45) is 0.728. The Balaban J connectivity index is 2.24. The lowest BCUT2D eigenvalue weighted by Gasteiger charge is -2.37. The second-order valence-corrected chi connectivity index (χ2v) is 9.10. The van der Waals surface area contributed by atoms with Gasteiger partial charge in [-0.2, -0.15) is 0 Å². The third kappa shape index (κ3) is 3.85. The summed E-state index contributed by atoms with van der Waals surface area (Å²) >= 11 is 0. The lowest BCUT2D eigenvalue weighted by Crippen LogP contribution is -2.52. The lowest BCUT2D eigenvalue weighted by molar-refractivity contribution is 0.0745. The zero-order valence-corrected chi connectivity index (χ0v) is 14.5. The fourth-order valence-electron chi connectivity index (χ4n) is 2.71. The highest BCUT2D eigenvalue weighted by molar-refractivity contribution is 7.86. The van der Waals surface area contributed by atoms with E-state index in [2.05, 4.69) is 18.8 Å². The van der Waals surface area contributed by atoms with E-state index in [1.54, 1.807) is 11.0 Å². The molecule has 1 atom stereocenters. The van der Waals surface area contributed by atoms with Crippen molar-refractivity contribution in [2.75, 3.05) is 18.8 Å². The fourth-order valence-corrected chi connectivity index (χ4v) is 3.95. The van der Waals surface area contributed by atoms with Crippen LogP contribution in [0.15, 0.2) is 16.9 Å². The Kier molecular flexibility index (Phi) is 4.90.